The Morgan fingerprint density at radius 2 is 2.04 bits per heavy atom. The lowest BCUT2D eigenvalue weighted by atomic mass is 10.1. The van der Waals surface area contributed by atoms with Crippen molar-refractivity contribution in [1.82, 2.24) is 4.90 Å². The standard InChI is InChI=1S/C18H20N2O3/c1-22-16-7-8-17-15(11-16)12-20(10-9-19-17)18(21)23-13-14-5-3-2-4-6-14/h2-8,11,19H,9-10,12-13H2,1H3. The summed E-state index contributed by atoms with van der Waals surface area (Å²) >= 11 is 0. The van der Waals surface area contributed by atoms with Crippen molar-refractivity contribution in [2.24, 2.45) is 0 Å². The van der Waals surface area contributed by atoms with Gasteiger partial charge in [-0.15, -0.1) is 0 Å². The van der Waals surface area contributed by atoms with E-state index in [-0.39, 0.29) is 12.7 Å². The van der Waals surface area contributed by atoms with Crippen molar-refractivity contribution in [3.8, 4) is 5.75 Å². The third kappa shape index (κ3) is 3.74. The maximum absolute atomic E-state index is 12.3. The molecule has 1 aliphatic rings. The molecule has 2 aromatic carbocycles. The molecule has 120 valence electrons. The number of benzene rings is 2. The summed E-state index contributed by atoms with van der Waals surface area (Å²) in [6.45, 7) is 2.09. The van der Waals surface area contributed by atoms with E-state index in [1.807, 2.05) is 48.5 Å². The Morgan fingerprint density at radius 3 is 2.83 bits per heavy atom. The second kappa shape index (κ2) is 7.05. The Kier molecular flexibility index (Phi) is 4.66. The Bertz CT molecular complexity index is 673. The van der Waals surface area contributed by atoms with Crippen molar-refractivity contribution in [2.45, 2.75) is 13.2 Å². The summed E-state index contributed by atoms with van der Waals surface area (Å²) in [5, 5.41) is 3.33. The summed E-state index contributed by atoms with van der Waals surface area (Å²) in [7, 11) is 1.64. The summed E-state index contributed by atoms with van der Waals surface area (Å²) in [5.41, 5.74) is 3.04. The molecule has 0 aliphatic carbocycles. The van der Waals surface area contributed by atoms with Crippen molar-refractivity contribution in [1.29, 1.82) is 0 Å². The molecule has 0 atom stereocenters. The lowest BCUT2D eigenvalue weighted by Crippen LogP contribution is -2.33. The van der Waals surface area contributed by atoms with Gasteiger partial charge in [-0.2, -0.15) is 0 Å². The van der Waals surface area contributed by atoms with Gasteiger partial charge in [-0.3, -0.25) is 0 Å². The molecular formula is C18H20N2O3. The van der Waals surface area contributed by atoms with Crippen LogP contribution in [0, 0.1) is 0 Å². The maximum atomic E-state index is 12.3. The van der Waals surface area contributed by atoms with Gasteiger partial charge in [0, 0.05) is 18.8 Å². The molecule has 0 saturated heterocycles. The lowest BCUT2D eigenvalue weighted by molar-refractivity contribution is 0.0957. The maximum Gasteiger partial charge on any atom is 0.410 e. The molecule has 1 N–H and O–H groups in total. The molecule has 5 heteroatoms. The van der Waals surface area contributed by atoms with Crippen molar-refractivity contribution in [3.05, 3.63) is 59.7 Å². The van der Waals surface area contributed by atoms with Gasteiger partial charge in [0.2, 0.25) is 0 Å². The predicted molar refractivity (Wildman–Crippen MR) is 88.5 cm³/mol. The van der Waals surface area contributed by atoms with Gasteiger partial charge < -0.3 is 19.7 Å². The zero-order valence-electron chi connectivity index (χ0n) is 13.1. The molecule has 0 aromatic heterocycles. The number of amides is 1. The second-order valence-electron chi connectivity index (χ2n) is 5.41. The molecule has 0 unspecified atom stereocenters. The summed E-state index contributed by atoms with van der Waals surface area (Å²) in [5.74, 6) is 0.782. The number of fused-ring (bicyclic) bond motifs is 1. The zero-order valence-corrected chi connectivity index (χ0v) is 13.1. The lowest BCUT2D eigenvalue weighted by Gasteiger charge is -2.20. The Labute approximate surface area is 135 Å². The van der Waals surface area contributed by atoms with Crippen LogP contribution in [0.2, 0.25) is 0 Å². The molecule has 0 spiro atoms. The number of rotatable bonds is 3. The topological polar surface area (TPSA) is 50.8 Å². The molecule has 23 heavy (non-hydrogen) atoms. The average molecular weight is 312 g/mol. The van der Waals surface area contributed by atoms with Crippen LogP contribution in [0.15, 0.2) is 48.5 Å². The summed E-state index contributed by atoms with van der Waals surface area (Å²) in [4.78, 5) is 14.0. The normalized spacial score (nSPS) is 13.5. The number of carbonyl (C=O) groups is 1. The molecule has 1 heterocycles. The summed E-state index contributed by atoms with van der Waals surface area (Å²) < 4.78 is 10.7. The van der Waals surface area contributed by atoms with Gasteiger partial charge in [0.1, 0.15) is 12.4 Å². The number of hydrogen-bond donors (Lipinski definition) is 1. The molecule has 0 bridgehead atoms. The highest BCUT2D eigenvalue weighted by Gasteiger charge is 2.20. The van der Waals surface area contributed by atoms with E-state index in [0.29, 0.717) is 19.6 Å². The monoisotopic (exact) mass is 312 g/mol. The third-order valence-corrected chi connectivity index (χ3v) is 3.83. The SMILES string of the molecule is COc1ccc2c(c1)CN(C(=O)OCc1ccccc1)CCN2. The van der Waals surface area contributed by atoms with Crippen LogP contribution < -0.4 is 10.1 Å². The molecule has 1 aliphatic heterocycles. The van der Waals surface area contributed by atoms with E-state index < -0.39 is 0 Å². The number of nitrogens with zero attached hydrogens (tertiary/aromatic N) is 1. The van der Waals surface area contributed by atoms with E-state index in [2.05, 4.69) is 5.32 Å². The first-order valence-corrected chi connectivity index (χ1v) is 7.62. The van der Waals surface area contributed by atoms with Crippen LogP contribution >= 0.6 is 0 Å². The fourth-order valence-electron chi connectivity index (χ4n) is 2.58. The molecule has 0 saturated carbocycles. The van der Waals surface area contributed by atoms with Crippen LogP contribution in [0.4, 0.5) is 10.5 Å². The van der Waals surface area contributed by atoms with Crippen LogP contribution in [0.25, 0.3) is 0 Å². The molecule has 0 radical (unpaired) electrons. The molecule has 5 nitrogen and oxygen atoms in total. The Balaban J connectivity index is 1.66. The highest BCUT2D eigenvalue weighted by molar-refractivity contribution is 5.69. The first-order chi connectivity index (χ1) is 11.3. The minimum atomic E-state index is -0.300. The number of anilines is 1. The second-order valence-corrected chi connectivity index (χ2v) is 5.41. The number of methoxy groups -OCH3 is 1. The van der Waals surface area contributed by atoms with Crippen molar-refractivity contribution in [2.75, 3.05) is 25.5 Å². The van der Waals surface area contributed by atoms with Crippen LogP contribution in [-0.2, 0) is 17.9 Å². The fourth-order valence-corrected chi connectivity index (χ4v) is 2.58. The fraction of sp³-hybridized carbons (Fsp3) is 0.278. The predicted octanol–water partition coefficient (Wildman–Crippen LogP) is 3.26. The van der Waals surface area contributed by atoms with Gasteiger partial charge >= 0.3 is 6.09 Å². The van der Waals surface area contributed by atoms with Gasteiger partial charge in [-0.25, -0.2) is 4.79 Å². The van der Waals surface area contributed by atoms with Crippen LogP contribution in [0.5, 0.6) is 5.75 Å². The minimum Gasteiger partial charge on any atom is -0.497 e. The van der Waals surface area contributed by atoms with E-state index in [0.717, 1.165) is 22.6 Å². The van der Waals surface area contributed by atoms with E-state index in [4.69, 9.17) is 9.47 Å². The van der Waals surface area contributed by atoms with Gasteiger partial charge in [-0.05, 0) is 29.3 Å². The molecular weight excluding hydrogens is 292 g/mol. The van der Waals surface area contributed by atoms with Crippen LogP contribution in [0.1, 0.15) is 11.1 Å². The zero-order chi connectivity index (χ0) is 16.1. The molecule has 1 amide bonds. The number of hydrogen-bond acceptors (Lipinski definition) is 4. The molecule has 3 rings (SSSR count). The van der Waals surface area contributed by atoms with E-state index in [1.54, 1.807) is 12.0 Å². The summed E-state index contributed by atoms with van der Waals surface area (Å²) in [6.07, 6.45) is -0.300. The third-order valence-electron chi connectivity index (χ3n) is 3.83. The highest BCUT2D eigenvalue weighted by Crippen LogP contribution is 2.25. The van der Waals surface area contributed by atoms with Gasteiger partial charge in [-0.1, -0.05) is 30.3 Å². The van der Waals surface area contributed by atoms with Crippen molar-refractivity contribution in [3.63, 3.8) is 0 Å². The Morgan fingerprint density at radius 1 is 1.22 bits per heavy atom. The van der Waals surface area contributed by atoms with Crippen molar-refractivity contribution < 1.29 is 14.3 Å². The van der Waals surface area contributed by atoms with Crippen LogP contribution in [-0.4, -0.2) is 31.2 Å². The highest BCUT2D eigenvalue weighted by atomic mass is 16.6. The van der Waals surface area contributed by atoms with Gasteiger partial charge in [0.05, 0.1) is 13.7 Å². The largest absolute Gasteiger partial charge is 0.497 e. The summed E-state index contributed by atoms with van der Waals surface area (Å²) in [6, 6.07) is 15.5. The molecule has 2 aromatic rings. The minimum absolute atomic E-state index is 0.286. The smallest absolute Gasteiger partial charge is 0.410 e. The number of carbonyl (C=O) groups excluding carboxylic acids is 1. The van der Waals surface area contributed by atoms with Crippen molar-refractivity contribution >= 4 is 11.8 Å². The number of ether oxygens (including phenoxy) is 2. The first kappa shape index (κ1) is 15.2. The van der Waals surface area contributed by atoms with E-state index in [1.165, 1.54) is 0 Å². The quantitative estimate of drug-likeness (QED) is 0.945. The van der Waals surface area contributed by atoms with Gasteiger partial charge in [0.25, 0.3) is 0 Å². The average Bonchev–Trinajstić information content (AvgIpc) is 2.82. The van der Waals surface area contributed by atoms with Gasteiger partial charge in [0.15, 0.2) is 0 Å². The number of nitrogens with one attached hydrogen (secondary N) is 1. The van der Waals surface area contributed by atoms with Crippen LogP contribution in [0.3, 0.4) is 0 Å². The van der Waals surface area contributed by atoms with E-state index in [9.17, 15) is 4.79 Å². The first-order valence-electron chi connectivity index (χ1n) is 7.62. The molecule has 0 fully saturated rings. The Hall–Kier alpha value is -2.69. The van der Waals surface area contributed by atoms with E-state index >= 15 is 0 Å².